The summed E-state index contributed by atoms with van der Waals surface area (Å²) >= 11 is 0. The summed E-state index contributed by atoms with van der Waals surface area (Å²) in [7, 11) is 0. The highest BCUT2D eigenvalue weighted by Gasteiger charge is 2.22. The van der Waals surface area contributed by atoms with Crippen molar-refractivity contribution in [1.29, 1.82) is 0 Å². The smallest absolute Gasteiger partial charge is 0.261 e. The Morgan fingerprint density at radius 2 is 1.74 bits per heavy atom. The van der Waals surface area contributed by atoms with Crippen molar-refractivity contribution < 1.29 is 19.0 Å². The highest BCUT2D eigenvalue weighted by molar-refractivity contribution is 5.81. The van der Waals surface area contributed by atoms with Gasteiger partial charge in [-0.1, -0.05) is 19.1 Å². The van der Waals surface area contributed by atoms with E-state index in [4.69, 9.17) is 14.2 Å². The minimum atomic E-state index is -0.536. The van der Waals surface area contributed by atoms with Gasteiger partial charge in [-0.2, -0.15) is 0 Å². The molecule has 5 nitrogen and oxygen atoms in total. The first-order valence-corrected chi connectivity index (χ1v) is 9.41. The fourth-order valence-electron chi connectivity index (χ4n) is 3.21. The molecule has 0 unspecified atom stereocenters. The Kier molecular flexibility index (Phi) is 5.89. The van der Waals surface area contributed by atoms with Crippen molar-refractivity contribution in [1.82, 2.24) is 5.32 Å². The van der Waals surface area contributed by atoms with Crippen molar-refractivity contribution in [2.24, 2.45) is 0 Å². The largest absolute Gasteiger partial charge is 0.486 e. The van der Waals surface area contributed by atoms with E-state index >= 15 is 0 Å². The second kappa shape index (κ2) is 8.33. The summed E-state index contributed by atoms with van der Waals surface area (Å²) < 4.78 is 17.1. The monoisotopic (exact) mass is 369 g/mol. The van der Waals surface area contributed by atoms with Gasteiger partial charge in [-0.25, -0.2) is 0 Å². The molecule has 0 bridgehead atoms. The first kappa shape index (κ1) is 19.1. The predicted octanol–water partition coefficient (Wildman–Crippen LogP) is 4.11. The van der Waals surface area contributed by atoms with Gasteiger partial charge in [0, 0.05) is 0 Å². The molecule has 144 valence electrons. The average Bonchev–Trinajstić information content (AvgIpc) is 2.64. The Bertz CT molecular complexity index is 798. The van der Waals surface area contributed by atoms with Gasteiger partial charge in [-0.05, 0) is 68.1 Å². The van der Waals surface area contributed by atoms with Gasteiger partial charge in [-0.3, -0.25) is 4.79 Å². The number of nitrogens with one attached hydrogen (secondary N) is 1. The second-order valence-electron chi connectivity index (χ2n) is 6.97. The molecule has 1 heterocycles. The molecule has 1 amide bonds. The summed E-state index contributed by atoms with van der Waals surface area (Å²) in [5, 5.41) is 3.04. The number of carbonyl (C=O) groups excluding carboxylic acids is 1. The SMILES string of the molecule is CC[C@@H](Oc1cc(C)cc(C)c1)C(=O)N[C@@H](C)c1ccc2c(c1)OCCO2. The summed E-state index contributed by atoms with van der Waals surface area (Å²) in [4.78, 5) is 12.7. The number of amides is 1. The number of hydrogen-bond donors (Lipinski definition) is 1. The number of hydrogen-bond acceptors (Lipinski definition) is 4. The van der Waals surface area contributed by atoms with E-state index in [1.807, 2.05) is 58.0 Å². The van der Waals surface area contributed by atoms with E-state index in [1.165, 1.54) is 0 Å². The first-order chi connectivity index (χ1) is 13.0. The highest BCUT2D eigenvalue weighted by atomic mass is 16.6. The quantitative estimate of drug-likeness (QED) is 0.833. The van der Waals surface area contributed by atoms with E-state index in [0.717, 1.165) is 33.9 Å². The Hall–Kier alpha value is -2.69. The molecule has 0 aliphatic carbocycles. The zero-order valence-electron chi connectivity index (χ0n) is 16.4. The third-order valence-electron chi connectivity index (χ3n) is 4.56. The molecule has 0 radical (unpaired) electrons. The van der Waals surface area contributed by atoms with Crippen LogP contribution in [0.15, 0.2) is 36.4 Å². The van der Waals surface area contributed by atoms with Crippen molar-refractivity contribution in [2.75, 3.05) is 13.2 Å². The maximum absolute atomic E-state index is 12.7. The van der Waals surface area contributed by atoms with E-state index in [1.54, 1.807) is 0 Å². The second-order valence-corrected chi connectivity index (χ2v) is 6.97. The van der Waals surface area contributed by atoms with Gasteiger partial charge in [0.2, 0.25) is 0 Å². The first-order valence-electron chi connectivity index (χ1n) is 9.41. The van der Waals surface area contributed by atoms with Crippen molar-refractivity contribution >= 4 is 5.91 Å². The molecule has 0 aromatic heterocycles. The average molecular weight is 369 g/mol. The van der Waals surface area contributed by atoms with Gasteiger partial charge in [0.05, 0.1) is 6.04 Å². The van der Waals surface area contributed by atoms with Gasteiger partial charge >= 0.3 is 0 Å². The number of aryl methyl sites for hydroxylation is 2. The van der Waals surface area contributed by atoms with Crippen LogP contribution in [-0.4, -0.2) is 25.2 Å². The molecule has 2 aromatic carbocycles. The molecule has 3 rings (SSSR count). The Morgan fingerprint density at radius 1 is 1.07 bits per heavy atom. The van der Waals surface area contributed by atoms with Crippen LogP contribution in [0, 0.1) is 13.8 Å². The minimum Gasteiger partial charge on any atom is -0.486 e. The number of fused-ring (bicyclic) bond motifs is 1. The molecule has 0 saturated heterocycles. The van der Waals surface area contributed by atoms with Crippen LogP contribution in [0.25, 0.3) is 0 Å². The molecule has 0 saturated carbocycles. The van der Waals surface area contributed by atoms with Crippen LogP contribution >= 0.6 is 0 Å². The molecule has 2 atom stereocenters. The fourth-order valence-corrected chi connectivity index (χ4v) is 3.21. The number of rotatable bonds is 6. The zero-order chi connectivity index (χ0) is 19.4. The summed E-state index contributed by atoms with van der Waals surface area (Å²) in [6, 6.07) is 11.6. The van der Waals surface area contributed by atoms with Crippen LogP contribution < -0.4 is 19.5 Å². The highest BCUT2D eigenvalue weighted by Crippen LogP contribution is 2.32. The molecular weight excluding hydrogens is 342 g/mol. The van der Waals surface area contributed by atoms with Gasteiger partial charge in [-0.15, -0.1) is 0 Å². The Morgan fingerprint density at radius 3 is 2.41 bits per heavy atom. The van der Waals surface area contributed by atoms with Crippen LogP contribution in [0.2, 0.25) is 0 Å². The molecule has 27 heavy (non-hydrogen) atoms. The molecule has 1 aliphatic rings. The van der Waals surface area contributed by atoms with Gasteiger partial charge < -0.3 is 19.5 Å². The molecule has 5 heteroatoms. The van der Waals surface area contributed by atoms with Crippen molar-refractivity contribution in [3.63, 3.8) is 0 Å². The fraction of sp³-hybridized carbons (Fsp3) is 0.409. The summed E-state index contributed by atoms with van der Waals surface area (Å²) in [6.45, 7) is 9.04. The van der Waals surface area contributed by atoms with Crippen LogP contribution in [-0.2, 0) is 4.79 Å². The number of carbonyl (C=O) groups is 1. The van der Waals surface area contributed by atoms with Crippen molar-refractivity contribution in [2.45, 2.75) is 46.3 Å². The lowest BCUT2D eigenvalue weighted by Crippen LogP contribution is -2.39. The number of benzene rings is 2. The maximum Gasteiger partial charge on any atom is 0.261 e. The standard InChI is InChI=1S/C22H27NO4/c1-5-19(27-18-11-14(2)10-15(3)12-18)22(24)23-16(4)17-6-7-20-21(13-17)26-9-8-25-20/h6-7,10-13,16,19H,5,8-9H2,1-4H3,(H,23,24)/t16-,19+/m0/s1. The topological polar surface area (TPSA) is 56.8 Å². The summed E-state index contributed by atoms with van der Waals surface area (Å²) in [5.41, 5.74) is 3.20. The van der Waals surface area contributed by atoms with Crippen LogP contribution in [0.4, 0.5) is 0 Å². The normalized spacial score (nSPS) is 15.0. The van der Waals surface area contributed by atoms with Crippen LogP contribution in [0.3, 0.4) is 0 Å². The third kappa shape index (κ3) is 4.73. The van der Waals surface area contributed by atoms with E-state index < -0.39 is 6.10 Å². The summed E-state index contributed by atoms with van der Waals surface area (Å²) in [6.07, 6.45) is 0.0537. The Balaban J connectivity index is 1.67. The van der Waals surface area contributed by atoms with Gasteiger partial charge in [0.25, 0.3) is 5.91 Å². The molecular formula is C22H27NO4. The lowest BCUT2D eigenvalue weighted by Gasteiger charge is -2.23. The molecule has 1 N–H and O–H groups in total. The van der Waals surface area contributed by atoms with Crippen LogP contribution in [0.1, 0.15) is 43.0 Å². The third-order valence-corrected chi connectivity index (χ3v) is 4.56. The molecule has 0 spiro atoms. The predicted molar refractivity (Wildman–Crippen MR) is 105 cm³/mol. The van der Waals surface area contributed by atoms with Gasteiger partial charge in [0.1, 0.15) is 19.0 Å². The van der Waals surface area contributed by atoms with E-state index in [0.29, 0.717) is 19.6 Å². The zero-order valence-corrected chi connectivity index (χ0v) is 16.4. The molecule has 2 aromatic rings. The lowest BCUT2D eigenvalue weighted by atomic mass is 10.1. The Labute approximate surface area is 160 Å². The van der Waals surface area contributed by atoms with Gasteiger partial charge in [0.15, 0.2) is 17.6 Å². The molecule has 1 aliphatic heterocycles. The van der Waals surface area contributed by atoms with E-state index in [9.17, 15) is 4.79 Å². The van der Waals surface area contributed by atoms with Crippen molar-refractivity contribution in [3.05, 3.63) is 53.1 Å². The van der Waals surface area contributed by atoms with Crippen molar-refractivity contribution in [3.8, 4) is 17.2 Å². The maximum atomic E-state index is 12.7. The lowest BCUT2D eigenvalue weighted by molar-refractivity contribution is -0.128. The minimum absolute atomic E-state index is 0.126. The van der Waals surface area contributed by atoms with E-state index in [2.05, 4.69) is 11.4 Å². The van der Waals surface area contributed by atoms with Crippen LogP contribution in [0.5, 0.6) is 17.2 Å². The summed E-state index contributed by atoms with van der Waals surface area (Å²) in [5.74, 6) is 2.06. The van der Waals surface area contributed by atoms with E-state index in [-0.39, 0.29) is 11.9 Å². The molecule has 0 fully saturated rings. The number of ether oxygens (including phenoxy) is 3.